The van der Waals surface area contributed by atoms with E-state index < -0.39 is 0 Å². The van der Waals surface area contributed by atoms with Crippen LogP contribution >= 0.6 is 12.2 Å². The fraction of sp³-hybridized carbons (Fsp3) is 0.667. The van der Waals surface area contributed by atoms with Gasteiger partial charge in [0.1, 0.15) is 0 Å². The molecule has 0 aliphatic heterocycles. The molecule has 0 aliphatic carbocycles. The summed E-state index contributed by atoms with van der Waals surface area (Å²) in [7, 11) is 0. The van der Waals surface area contributed by atoms with Gasteiger partial charge in [0.25, 0.3) is 0 Å². The molecule has 0 radical (unpaired) electrons. The van der Waals surface area contributed by atoms with Gasteiger partial charge in [0.05, 0.1) is 0 Å². The van der Waals surface area contributed by atoms with E-state index in [2.05, 4.69) is 24.8 Å². The van der Waals surface area contributed by atoms with Gasteiger partial charge in [-0.15, -0.1) is 0 Å². The van der Waals surface area contributed by atoms with Crippen molar-refractivity contribution < 1.29 is 0 Å². The van der Waals surface area contributed by atoms with Gasteiger partial charge in [-0.3, -0.25) is 0 Å². The molecule has 4 heteroatoms. The Balaban J connectivity index is 3.34. The molecule has 0 fully saturated rings. The standard InChI is InChI=1S/C3H8N2S2/c1-2-5(4)3(6)7/h2,4H2,1H3,(H,6,7)/p-1. The molecule has 0 saturated carbocycles. The predicted molar refractivity (Wildman–Crippen MR) is 36.5 cm³/mol. The molecule has 0 spiro atoms. The monoisotopic (exact) mass is 135 g/mol. The maximum absolute atomic E-state index is 5.20. The highest BCUT2D eigenvalue weighted by Crippen LogP contribution is 1.76. The predicted octanol–water partition coefficient (Wildman–Crippen LogP) is 0.0138. The molecule has 0 unspecified atom stereocenters. The number of hydrogen-bond acceptors (Lipinski definition) is 3. The Kier molecular flexibility index (Phi) is 3.15. The summed E-state index contributed by atoms with van der Waals surface area (Å²) in [6.07, 6.45) is 0. The second-order valence-corrected chi connectivity index (χ2v) is 2.08. The van der Waals surface area contributed by atoms with E-state index in [9.17, 15) is 0 Å². The molecule has 0 aromatic heterocycles. The van der Waals surface area contributed by atoms with Crippen LogP contribution < -0.4 is 5.84 Å². The molecule has 7 heavy (non-hydrogen) atoms. The number of hydrazine groups is 1. The quantitative estimate of drug-likeness (QED) is 0.237. The summed E-state index contributed by atoms with van der Waals surface area (Å²) in [6.45, 7) is 2.57. The van der Waals surface area contributed by atoms with Gasteiger partial charge < -0.3 is 29.9 Å². The van der Waals surface area contributed by atoms with Crippen molar-refractivity contribution in [2.75, 3.05) is 6.54 Å². The van der Waals surface area contributed by atoms with E-state index in [0.717, 1.165) is 0 Å². The largest absolute Gasteiger partial charge is 0.410 e. The molecule has 2 N–H and O–H groups in total. The first-order chi connectivity index (χ1) is 3.18. The lowest BCUT2D eigenvalue weighted by molar-refractivity contribution is 0.483. The van der Waals surface area contributed by atoms with Crippen molar-refractivity contribution >= 4 is 29.2 Å². The third kappa shape index (κ3) is 2.73. The van der Waals surface area contributed by atoms with Gasteiger partial charge >= 0.3 is 0 Å². The topological polar surface area (TPSA) is 29.3 Å². The van der Waals surface area contributed by atoms with Crippen molar-refractivity contribution in [3.8, 4) is 0 Å². The van der Waals surface area contributed by atoms with Crippen LogP contribution in [-0.4, -0.2) is 15.9 Å². The molecule has 0 aromatic rings. The van der Waals surface area contributed by atoms with E-state index in [1.165, 1.54) is 5.01 Å². The Labute approximate surface area is 54.1 Å². The Hall–Kier alpha value is 0.0700. The molecule has 2 nitrogen and oxygen atoms in total. The zero-order valence-corrected chi connectivity index (χ0v) is 5.68. The van der Waals surface area contributed by atoms with Crippen LogP contribution in [0, 0.1) is 0 Å². The molecule has 42 valence electrons. The van der Waals surface area contributed by atoms with Crippen LogP contribution in [-0.2, 0) is 12.6 Å². The highest BCUT2D eigenvalue weighted by atomic mass is 32.1. The molecule has 0 aliphatic rings. The second-order valence-electron chi connectivity index (χ2n) is 1.05. The summed E-state index contributed by atoms with van der Waals surface area (Å²) < 4.78 is 0.322. The summed E-state index contributed by atoms with van der Waals surface area (Å²) in [5.41, 5.74) is 0. The molecule has 0 aromatic carbocycles. The fourth-order valence-electron chi connectivity index (χ4n) is 0.129. The normalized spacial score (nSPS) is 8.29. The van der Waals surface area contributed by atoms with E-state index in [1.54, 1.807) is 0 Å². The van der Waals surface area contributed by atoms with Crippen LogP contribution in [0.25, 0.3) is 0 Å². The van der Waals surface area contributed by atoms with E-state index in [0.29, 0.717) is 10.9 Å². The van der Waals surface area contributed by atoms with Gasteiger partial charge in [-0.25, -0.2) is 5.84 Å². The average molecular weight is 135 g/mol. The average Bonchev–Trinajstić information content (AvgIpc) is 1.65. The Morgan fingerprint density at radius 3 is 2.43 bits per heavy atom. The summed E-state index contributed by atoms with van der Waals surface area (Å²) in [5, 5.41) is 1.34. The molecule has 0 atom stereocenters. The lowest BCUT2D eigenvalue weighted by Gasteiger charge is -2.19. The third-order valence-electron chi connectivity index (χ3n) is 0.575. The number of rotatable bonds is 1. The zero-order chi connectivity index (χ0) is 5.86. The molecule has 0 amide bonds. The van der Waals surface area contributed by atoms with Crippen molar-refractivity contribution in [2.45, 2.75) is 6.92 Å². The SMILES string of the molecule is CCN(N)C(=S)[S-]. The van der Waals surface area contributed by atoms with E-state index >= 15 is 0 Å². The summed E-state index contributed by atoms with van der Waals surface area (Å²) in [4.78, 5) is 0. The molecule has 0 bridgehead atoms. The van der Waals surface area contributed by atoms with Crippen LogP contribution in [0.1, 0.15) is 6.92 Å². The number of thiocarbonyl (C=S) groups is 1. The van der Waals surface area contributed by atoms with Crippen LogP contribution in [0.4, 0.5) is 0 Å². The van der Waals surface area contributed by atoms with Crippen LogP contribution in [0.5, 0.6) is 0 Å². The Morgan fingerprint density at radius 2 is 2.43 bits per heavy atom. The highest BCUT2D eigenvalue weighted by molar-refractivity contribution is 8.00. The molecule has 0 saturated heterocycles. The van der Waals surface area contributed by atoms with E-state index in [-0.39, 0.29) is 0 Å². The molecular weight excluding hydrogens is 128 g/mol. The lowest BCUT2D eigenvalue weighted by atomic mass is 10.7. The van der Waals surface area contributed by atoms with Gasteiger partial charge in [0, 0.05) is 6.54 Å². The second kappa shape index (κ2) is 3.12. The minimum absolute atomic E-state index is 0.322. The van der Waals surface area contributed by atoms with Gasteiger partial charge in [-0.1, -0.05) is 0 Å². The highest BCUT2D eigenvalue weighted by Gasteiger charge is 1.81. The third-order valence-corrected chi connectivity index (χ3v) is 1.04. The Morgan fingerprint density at radius 1 is 2.00 bits per heavy atom. The number of nitrogens with two attached hydrogens (primary N) is 1. The van der Waals surface area contributed by atoms with Gasteiger partial charge in [-0.2, -0.15) is 0 Å². The first-order valence-corrected chi connectivity index (χ1v) is 2.73. The first-order valence-electron chi connectivity index (χ1n) is 1.91. The van der Waals surface area contributed by atoms with Gasteiger partial charge in [0.15, 0.2) is 0 Å². The maximum atomic E-state index is 5.20. The van der Waals surface area contributed by atoms with Crippen molar-refractivity contribution in [1.82, 2.24) is 5.01 Å². The first kappa shape index (κ1) is 7.07. The summed E-state index contributed by atoms with van der Waals surface area (Å²) >= 11 is 9.07. The van der Waals surface area contributed by atoms with Gasteiger partial charge in [0.2, 0.25) is 0 Å². The molecular formula is C3H7N2S2-. The van der Waals surface area contributed by atoms with Crippen molar-refractivity contribution in [3.63, 3.8) is 0 Å². The number of hydrogen-bond donors (Lipinski definition) is 1. The van der Waals surface area contributed by atoms with Crippen LogP contribution in [0.15, 0.2) is 0 Å². The van der Waals surface area contributed by atoms with Crippen LogP contribution in [0.2, 0.25) is 0 Å². The minimum Gasteiger partial charge on any atom is -0.410 e. The molecule has 0 heterocycles. The Bertz CT molecular complexity index is 73.3. The smallest absolute Gasteiger partial charge is 0.0295 e. The maximum Gasteiger partial charge on any atom is 0.0295 e. The van der Waals surface area contributed by atoms with Gasteiger partial charge in [-0.05, 0) is 11.2 Å². The number of nitrogens with zero attached hydrogens (tertiary/aromatic N) is 1. The van der Waals surface area contributed by atoms with Crippen LogP contribution in [0.3, 0.4) is 0 Å². The fourth-order valence-corrected chi connectivity index (χ4v) is 0.387. The van der Waals surface area contributed by atoms with E-state index in [4.69, 9.17) is 5.84 Å². The lowest BCUT2D eigenvalue weighted by Crippen LogP contribution is -2.34. The van der Waals surface area contributed by atoms with Crippen molar-refractivity contribution in [2.24, 2.45) is 5.84 Å². The van der Waals surface area contributed by atoms with Crippen molar-refractivity contribution in [1.29, 1.82) is 0 Å². The van der Waals surface area contributed by atoms with Crippen molar-refractivity contribution in [3.05, 3.63) is 0 Å². The molecule has 0 rings (SSSR count). The minimum atomic E-state index is 0.322. The zero-order valence-electron chi connectivity index (χ0n) is 4.05. The van der Waals surface area contributed by atoms with E-state index in [1.807, 2.05) is 6.92 Å². The summed E-state index contributed by atoms with van der Waals surface area (Å²) in [5.74, 6) is 5.20. The summed E-state index contributed by atoms with van der Waals surface area (Å²) in [6, 6.07) is 0.